The SMILES string of the molecule is O=NO.OCC(CO)(CO)CO. The Balaban J connectivity index is 0. The molecule has 0 unspecified atom stereocenters. The van der Waals surface area contributed by atoms with Crippen LogP contribution < -0.4 is 0 Å². The van der Waals surface area contributed by atoms with Crippen LogP contribution in [-0.2, 0) is 0 Å². The fourth-order valence-corrected chi connectivity index (χ4v) is 0.300. The maximum Gasteiger partial charge on any atom is 0.152 e. The van der Waals surface area contributed by atoms with Gasteiger partial charge in [0.05, 0.1) is 31.8 Å². The topological polar surface area (TPSA) is 131 Å². The van der Waals surface area contributed by atoms with E-state index in [1.54, 1.807) is 0 Å². The Bertz CT molecular complexity index is 86.6. The second-order valence-electron chi connectivity index (χ2n) is 2.21. The van der Waals surface area contributed by atoms with Crippen molar-refractivity contribution in [2.45, 2.75) is 0 Å². The Morgan fingerprint density at radius 3 is 1.08 bits per heavy atom. The first-order valence-electron chi connectivity index (χ1n) is 3.06. The molecule has 5 N–H and O–H groups in total. The van der Waals surface area contributed by atoms with Crippen molar-refractivity contribution in [3.05, 3.63) is 4.91 Å². The molecule has 0 spiro atoms. The Kier molecular flexibility index (Phi) is 9.59. The molecule has 0 aromatic carbocycles. The molecule has 0 fully saturated rings. The van der Waals surface area contributed by atoms with Crippen molar-refractivity contribution in [2.75, 3.05) is 26.4 Å². The van der Waals surface area contributed by atoms with Crippen LogP contribution in [0.2, 0.25) is 0 Å². The monoisotopic (exact) mass is 183 g/mol. The van der Waals surface area contributed by atoms with Crippen LogP contribution in [0.25, 0.3) is 0 Å². The molecule has 0 radical (unpaired) electrons. The summed E-state index contributed by atoms with van der Waals surface area (Å²) in [6.45, 7) is -1.62. The third-order valence-corrected chi connectivity index (χ3v) is 1.34. The van der Waals surface area contributed by atoms with Crippen LogP contribution in [0.4, 0.5) is 0 Å². The van der Waals surface area contributed by atoms with E-state index in [-0.39, 0.29) is 0 Å². The van der Waals surface area contributed by atoms with Gasteiger partial charge in [0.15, 0.2) is 5.34 Å². The molecular weight excluding hydrogens is 170 g/mol. The van der Waals surface area contributed by atoms with Crippen molar-refractivity contribution in [3.8, 4) is 0 Å². The van der Waals surface area contributed by atoms with Crippen LogP contribution in [0.3, 0.4) is 0 Å². The summed E-state index contributed by atoms with van der Waals surface area (Å²) in [5.41, 5.74) is -1.11. The molecule has 74 valence electrons. The highest BCUT2D eigenvalue weighted by Crippen LogP contribution is 2.11. The number of hydrogen-bond donors (Lipinski definition) is 5. The summed E-state index contributed by atoms with van der Waals surface area (Å²) in [6.07, 6.45) is 0. The number of hydrogen-bond acceptors (Lipinski definition) is 6. The molecule has 12 heavy (non-hydrogen) atoms. The Morgan fingerprint density at radius 1 is 0.917 bits per heavy atom. The number of aliphatic hydroxyl groups excluding tert-OH is 4. The third kappa shape index (κ3) is 4.97. The van der Waals surface area contributed by atoms with Crippen LogP contribution in [0, 0.1) is 10.3 Å². The summed E-state index contributed by atoms with van der Waals surface area (Å²) in [7, 11) is 0. The van der Waals surface area contributed by atoms with Gasteiger partial charge in [-0.05, 0) is 0 Å². The average molecular weight is 183 g/mol. The van der Waals surface area contributed by atoms with E-state index in [1.807, 2.05) is 0 Å². The van der Waals surface area contributed by atoms with E-state index in [2.05, 4.69) is 0 Å². The van der Waals surface area contributed by atoms with E-state index in [4.69, 9.17) is 30.5 Å². The molecule has 0 aromatic heterocycles. The van der Waals surface area contributed by atoms with E-state index in [1.165, 1.54) is 5.34 Å². The highest BCUT2D eigenvalue weighted by Gasteiger charge is 2.26. The van der Waals surface area contributed by atoms with Crippen molar-refractivity contribution in [1.29, 1.82) is 0 Å². The fourth-order valence-electron chi connectivity index (χ4n) is 0.300. The van der Waals surface area contributed by atoms with Crippen LogP contribution in [0.5, 0.6) is 0 Å². The minimum absolute atomic E-state index is 0.406. The van der Waals surface area contributed by atoms with Gasteiger partial charge < -0.3 is 25.6 Å². The van der Waals surface area contributed by atoms with Crippen LogP contribution in [-0.4, -0.2) is 52.1 Å². The van der Waals surface area contributed by atoms with Crippen molar-refractivity contribution in [1.82, 2.24) is 0 Å². The standard InChI is InChI=1S/C5H12O4.HNO2/c6-1-5(2-7,3-8)4-9;2-1-3/h6-9H,1-4H2;(H,2,3). The first kappa shape index (κ1) is 13.8. The number of rotatable bonds is 4. The summed E-state index contributed by atoms with van der Waals surface area (Å²) in [5.74, 6) is 0. The predicted molar refractivity (Wildman–Crippen MR) is 38.4 cm³/mol. The van der Waals surface area contributed by atoms with Crippen LogP contribution in [0.1, 0.15) is 0 Å². The Morgan fingerprint density at radius 2 is 1.08 bits per heavy atom. The molecule has 0 saturated heterocycles. The van der Waals surface area contributed by atoms with Crippen molar-refractivity contribution in [2.24, 2.45) is 10.8 Å². The number of nitrogens with zero attached hydrogens (tertiary/aromatic N) is 1. The van der Waals surface area contributed by atoms with Gasteiger partial charge in [-0.15, -0.1) is 4.91 Å². The highest BCUT2D eigenvalue weighted by atomic mass is 16.6. The molecule has 0 bridgehead atoms. The smallest absolute Gasteiger partial charge is 0.152 e. The van der Waals surface area contributed by atoms with Crippen molar-refractivity contribution < 1.29 is 25.6 Å². The molecule has 0 aliphatic rings. The van der Waals surface area contributed by atoms with Gasteiger partial charge in [-0.1, -0.05) is 0 Å². The predicted octanol–water partition coefficient (Wildman–Crippen LogP) is -1.92. The zero-order valence-corrected chi connectivity index (χ0v) is 6.42. The number of aliphatic hydroxyl groups is 4. The van der Waals surface area contributed by atoms with Gasteiger partial charge >= 0.3 is 0 Å². The molecule has 0 rings (SSSR count). The molecule has 0 heterocycles. The summed E-state index contributed by atoms with van der Waals surface area (Å²) in [6, 6.07) is 0. The molecule has 7 nitrogen and oxygen atoms in total. The van der Waals surface area contributed by atoms with Gasteiger partial charge in [0.1, 0.15) is 0 Å². The quantitative estimate of drug-likeness (QED) is 0.255. The highest BCUT2D eigenvalue weighted by molar-refractivity contribution is 4.74. The lowest BCUT2D eigenvalue weighted by Crippen LogP contribution is -2.37. The van der Waals surface area contributed by atoms with E-state index in [0.717, 1.165) is 0 Å². The van der Waals surface area contributed by atoms with Gasteiger partial charge in [0, 0.05) is 0 Å². The molecule has 0 saturated carbocycles. The molecule has 0 atom stereocenters. The first-order valence-corrected chi connectivity index (χ1v) is 3.06. The zero-order chi connectivity index (χ0) is 10.0. The van der Waals surface area contributed by atoms with Crippen LogP contribution >= 0.6 is 0 Å². The zero-order valence-electron chi connectivity index (χ0n) is 6.42. The van der Waals surface area contributed by atoms with E-state index in [0.29, 0.717) is 0 Å². The maximum absolute atomic E-state index is 8.50. The molecule has 0 aliphatic carbocycles. The van der Waals surface area contributed by atoms with E-state index < -0.39 is 31.8 Å². The lowest BCUT2D eigenvalue weighted by molar-refractivity contribution is -0.0328. The maximum atomic E-state index is 8.50. The van der Waals surface area contributed by atoms with Crippen molar-refractivity contribution in [3.63, 3.8) is 0 Å². The van der Waals surface area contributed by atoms with Crippen LogP contribution in [0.15, 0.2) is 5.34 Å². The van der Waals surface area contributed by atoms with Gasteiger partial charge in [-0.3, -0.25) is 0 Å². The normalized spacial score (nSPS) is 10.0. The summed E-state index contributed by atoms with van der Waals surface area (Å²) in [4.78, 5) is 8.11. The molecular formula is C5H13NO6. The second kappa shape index (κ2) is 8.34. The second-order valence-corrected chi connectivity index (χ2v) is 2.21. The van der Waals surface area contributed by atoms with Gasteiger partial charge in [-0.25, -0.2) is 0 Å². The average Bonchev–Trinajstić information content (AvgIpc) is 2.11. The Labute approximate surface area is 68.8 Å². The summed E-state index contributed by atoms with van der Waals surface area (Å²) < 4.78 is 0. The minimum atomic E-state index is -1.11. The van der Waals surface area contributed by atoms with Crippen molar-refractivity contribution >= 4 is 0 Å². The minimum Gasteiger partial charge on any atom is -0.396 e. The third-order valence-electron chi connectivity index (χ3n) is 1.34. The fraction of sp³-hybridized carbons (Fsp3) is 1.00. The Hall–Kier alpha value is -0.760. The molecule has 0 aliphatic heterocycles. The largest absolute Gasteiger partial charge is 0.396 e. The van der Waals surface area contributed by atoms with Gasteiger partial charge in [0.2, 0.25) is 0 Å². The summed E-state index contributed by atoms with van der Waals surface area (Å²) >= 11 is 0. The summed E-state index contributed by atoms with van der Waals surface area (Å²) in [5, 5.41) is 41.9. The van der Waals surface area contributed by atoms with E-state index >= 15 is 0 Å². The lowest BCUT2D eigenvalue weighted by atomic mass is 9.93. The molecule has 0 aromatic rings. The first-order chi connectivity index (χ1) is 5.66. The molecule has 7 heteroatoms. The lowest BCUT2D eigenvalue weighted by Gasteiger charge is -2.23. The van der Waals surface area contributed by atoms with E-state index in [9.17, 15) is 0 Å². The molecule has 0 amide bonds. The van der Waals surface area contributed by atoms with Gasteiger partial charge in [-0.2, -0.15) is 0 Å². The van der Waals surface area contributed by atoms with Gasteiger partial charge in [0.25, 0.3) is 0 Å².